The third-order valence-electron chi connectivity index (χ3n) is 3.13. The zero-order valence-corrected chi connectivity index (χ0v) is 11.4. The minimum Gasteiger partial charge on any atom is -0.389 e. The van der Waals surface area contributed by atoms with Crippen molar-refractivity contribution in [2.75, 3.05) is 38.7 Å². The average molecular weight is 286 g/mol. The average Bonchev–Trinajstić information content (AvgIpc) is 2.37. The van der Waals surface area contributed by atoms with E-state index in [-0.39, 0.29) is 16.2 Å². The molecule has 0 aromatic heterocycles. The Labute approximate surface area is 116 Å². The lowest BCUT2D eigenvalue weighted by molar-refractivity contribution is 0.178. The zero-order chi connectivity index (χ0) is 14.0. The molecule has 1 aliphatic rings. The third kappa shape index (κ3) is 3.17. The van der Waals surface area contributed by atoms with Crippen LogP contribution < -0.4 is 11.2 Å². The van der Waals surface area contributed by atoms with Gasteiger partial charge in [-0.3, -0.25) is 0 Å². The maximum absolute atomic E-state index is 13.9. The molecule has 0 saturated carbocycles. The fraction of sp³-hybridized carbons (Fsp3) is 0.417. The number of anilines is 1. The van der Waals surface area contributed by atoms with E-state index in [9.17, 15) is 8.78 Å². The van der Waals surface area contributed by atoms with E-state index in [0.717, 1.165) is 26.2 Å². The van der Waals surface area contributed by atoms with E-state index >= 15 is 0 Å². The van der Waals surface area contributed by atoms with Crippen molar-refractivity contribution >= 4 is 22.9 Å². The number of halogens is 2. The number of thiocarbonyl (C=S) groups is 1. The Morgan fingerprint density at radius 1 is 1.21 bits per heavy atom. The van der Waals surface area contributed by atoms with Crippen LogP contribution in [0.1, 0.15) is 5.56 Å². The number of piperazine rings is 1. The number of hydrogen-bond donors (Lipinski definition) is 2. The van der Waals surface area contributed by atoms with E-state index in [1.807, 2.05) is 12.1 Å². The fourth-order valence-electron chi connectivity index (χ4n) is 1.91. The van der Waals surface area contributed by atoms with Crippen molar-refractivity contribution in [3.63, 3.8) is 0 Å². The van der Waals surface area contributed by atoms with Crippen LogP contribution in [0.25, 0.3) is 0 Å². The molecule has 4 nitrogen and oxygen atoms in total. The lowest BCUT2D eigenvalue weighted by Crippen LogP contribution is -2.47. The number of likely N-dealkylation sites (N-methyl/N-ethyl adjacent to an activating group) is 1. The van der Waals surface area contributed by atoms with E-state index < -0.39 is 11.6 Å². The van der Waals surface area contributed by atoms with Crippen molar-refractivity contribution < 1.29 is 8.78 Å². The van der Waals surface area contributed by atoms with E-state index in [4.69, 9.17) is 5.73 Å². The summed E-state index contributed by atoms with van der Waals surface area (Å²) in [5.41, 5.74) is 8.23. The normalized spacial score (nSPS) is 17.4. The Kier molecular flexibility index (Phi) is 4.28. The molecule has 1 aliphatic heterocycles. The first kappa shape index (κ1) is 14.1. The lowest BCUT2D eigenvalue weighted by atomic mass is 10.2. The van der Waals surface area contributed by atoms with Crippen molar-refractivity contribution in [3.8, 4) is 0 Å². The molecule has 0 aliphatic carbocycles. The summed E-state index contributed by atoms with van der Waals surface area (Å²) in [5.74, 6) is -1.96. The van der Waals surface area contributed by atoms with E-state index in [1.165, 1.54) is 12.1 Å². The molecule has 2 rings (SSSR count). The van der Waals surface area contributed by atoms with Gasteiger partial charge < -0.3 is 16.1 Å². The Morgan fingerprint density at radius 2 is 1.84 bits per heavy atom. The van der Waals surface area contributed by atoms with Gasteiger partial charge >= 0.3 is 0 Å². The smallest absolute Gasteiger partial charge is 0.183 e. The van der Waals surface area contributed by atoms with E-state index in [2.05, 4.69) is 22.5 Å². The minimum absolute atomic E-state index is 0.0728. The molecule has 3 N–H and O–H groups in total. The number of nitrogens with two attached hydrogens (primary N) is 1. The van der Waals surface area contributed by atoms with Gasteiger partial charge in [0.1, 0.15) is 4.99 Å². The quantitative estimate of drug-likeness (QED) is 0.817. The molecule has 104 valence electrons. The van der Waals surface area contributed by atoms with Crippen LogP contribution >= 0.6 is 12.2 Å². The van der Waals surface area contributed by atoms with Gasteiger partial charge in [-0.2, -0.15) is 0 Å². The van der Waals surface area contributed by atoms with E-state index in [1.54, 1.807) is 0 Å². The van der Waals surface area contributed by atoms with Gasteiger partial charge in [-0.05, 0) is 19.2 Å². The first-order valence-electron chi connectivity index (χ1n) is 5.97. The summed E-state index contributed by atoms with van der Waals surface area (Å²) in [6.45, 7) is 3.24. The van der Waals surface area contributed by atoms with Gasteiger partial charge in [0, 0.05) is 31.7 Å². The van der Waals surface area contributed by atoms with Crippen molar-refractivity contribution in [1.82, 2.24) is 9.91 Å². The Hall–Kier alpha value is -1.31. The second-order valence-corrected chi connectivity index (χ2v) is 4.99. The molecule has 1 saturated heterocycles. The number of hydrogen-bond acceptors (Lipinski definition) is 4. The molecule has 7 heteroatoms. The Bertz CT molecular complexity index is 487. The predicted molar refractivity (Wildman–Crippen MR) is 74.9 cm³/mol. The third-order valence-corrected chi connectivity index (χ3v) is 3.35. The fourth-order valence-corrected chi connectivity index (χ4v) is 2.07. The van der Waals surface area contributed by atoms with Crippen LogP contribution in [-0.4, -0.2) is 48.1 Å². The van der Waals surface area contributed by atoms with Crippen molar-refractivity contribution in [2.24, 2.45) is 5.73 Å². The Morgan fingerprint density at radius 3 is 2.42 bits per heavy atom. The van der Waals surface area contributed by atoms with Gasteiger partial charge in [-0.1, -0.05) is 12.2 Å². The summed E-state index contributed by atoms with van der Waals surface area (Å²) in [6, 6.07) is 2.84. The van der Waals surface area contributed by atoms with Gasteiger partial charge in [0.25, 0.3) is 0 Å². The highest BCUT2D eigenvalue weighted by Crippen LogP contribution is 2.21. The van der Waals surface area contributed by atoms with Crippen LogP contribution in [-0.2, 0) is 0 Å². The Balaban J connectivity index is 2.13. The molecule has 19 heavy (non-hydrogen) atoms. The first-order valence-corrected chi connectivity index (χ1v) is 6.38. The first-order chi connectivity index (χ1) is 8.99. The van der Waals surface area contributed by atoms with E-state index in [0.29, 0.717) is 0 Å². The summed E-state index contributed by atoms with van der Waals surface area (Å²) < 4.78 is 27.6. The van der Waals surface area contributed by atoms with Crippen molar-refractivity contribution in [2.45, 2.75) is 0 Å². The van der Waals surface area contributed by atoms with Gasteiger partial charge in [0.2, 0.25) is 0 Å². The second-order valence-electron chi connectivity index (χ2n) is 4.56. The monoisotopic (exact) mass is 286 g/mol. The second kappa shape index (κ2) is 5.77. The summed E-state index contributed by atoms with van der Waals surface area (Å²) in [6.07, 6.45) is 0. The van der Waals surface area contributed by atoms with Crippen molar-refractivity contribution in [3.05, 3.63) is 29.3 Å². The lowest BCUT2D eigenvalue weighted by Gasteiger charge is -2.33. The number of benzene rings is 1. The number of rotatable bonds is 3. The molecule has 0 amide bonds. The molecule has 0 spiro atoms. The predicted octanol–water partition coefficient (Wildman–Crippen LogP) is 1.17. The summed E-state index contributed by atoms with van der Waals surface area (Å²) in [5, 5.41) is 1.86. The van der Waals surface area contributed by atoms with Gasteiger partial charge in [-0.25, -0.2) is 13.8 Å². The maximum Gasteiger partial charge on any atom is 0.183 e. The highest BCUT2D eigenvalue weighted by molar-refractivity contribution is 7.80. The molecule has 1 aromatic rings. The highest BCUT2D eigenvalue weighted by Gasteiger charge is 2.18. The number of hydrazine groups is 1. The van der Waals surface area contributed by atoms with Crippen LogP contribution in [0.5, 0.6) is 0 Å². The van der Waals surface area contributed by atoms with Crippen LogP contribution in [0.2, 0.25) is 0 Å². The molecule has 1 fully saturated rings. The van der Waals surface area contributed by atoms with Crippen LogP contribution in [0.3, 0.4) is 0 Å². The standard InChI is InChI=1S/C12H16F2N4S/c1-17-4-6-18(7-5-17)16-9-3-2-8(12(15)19)10(13)11(9)14/h2-3,16H,4-7H2,1H3,(H2,15,19). The molecule has 1 heterocycles. The molecule has 1 aromatic carbocycles. The summed E-state index contributed by atoms with van der Waals surface area (Å²) in [4.78, 5) is 2.02. The summed E-state index contributed by atoms with van der Waals surface area (Å²) >= 11 is 4.66. The highest BCUT2D eigenvalue weighted by atomic mass is 32.1. The molecular weight excluding hydrogens is 270 g/mol. The van der Waals surface area contributed by atoms with Crippen LogP contribution in [0, 0.1) is 11.6 Å². The van der Waals surface area contributed by atoms with Crippen LogP contribution in [0.4, 0.5) is 14.5 Å². The molecule has 0 radical (unpaired) electrons. The largest absolute Gasteiger partial charge is 0.389 e. The zero-order valence-electron chi connectivity index (χ0n) is 10.6. The van der Waals surface area contributed by atoms with Gasteiger partial charge in [0.05, 0.1) is 5.69 Å². The summed E-state index contributed by atoms with van der Waals surface area (Å²) in [7, 11) is 2.02. The maximum atomic E-state index is 13.9. The van der Waals surface area contributed by atoms with Gasteiger partial charge in [-0.15, -0.1) is 0 Å². The number of nitrogens with one attached hydrogen (secondary N) is 1. The van der Waals surface area contributed by atoms with Gasteiger partial charge in [0.15, 0.2) is 11.6 Å². The molecule has 0 unspecified atom stereocenters. The van der Waals surface area contributed by atoms with Crippen LogP contribution in [0.15, 0.2) is 12.1 Å². The molecule has 0 bridgehead atoms. The topological polar surface area (TPSA) is 44.5 Å². The SMILES string of the molecule is CN1CCN(Nc2ccc(C(N)=S)c(F)c2F)CC1. The molecular formula is C12H16F2N4S. The number of nitrogens with zero attached hydrogens (tertiary/aromatic N) is 2. The minimum atomic E-state index is -1.01. The molecule has 0 atom stereocenters. The van der Waals surface area contributed by atoms with Crippen molar-refractivity contribution in [1.29, 1.82) is 0 Å².